The first-order valence-electron chi connectivity index (χ1n) is 6.32. The Kier molecular flexibility index (Phi) is 4.81. The highest BCUT2D eigenvalue weighted by Crippen LogP contribution is 2.24. The van der Waals surface area contributed by atoms with Gasteiger partial charge in [-0.1, -0.05) is 6.92 Å². The van der Waals surface area contributed by atoms with Crippen LogP contribution in [0.15, 0.2) is 18.2 Å². The Bertz CT molecular complexity index is 522. The average molecular weight is 283 g/mol. The molecular weight excluding hydrogens is 265 g/mol. The van der Waals surface area contributed by atoms with Gasteiger partial charge < -0.3 is 4.74 Å². The average Bonchev–Trinajstić information content (AvgIpc) is 2.29. The molecule has 1 aromatic carbocycles. The van der Waals surface area contributed by atoms with E-state index in [4.69, 9.17) is 4.74 Å². The number of hydrogen-bond acceptors (Lipinski definition) is 4. The molecule has 0 aliphatic carbocycles. The van der Waals surface area contributed by atoms with Crippen molar-refractivity contribution >= 4 is 5.97 Å². The second kappa shape index (κ2) is 5.98. The first-order valence-corrected chi connectivity index (χ1v) is 6.32. The number of esters is 1. The highest BCUT2D eigenvalue weighted by Gasteiger charge is 2.25. The normalized spacial score (nSPS) is 12.8. The molecule has 0 heterocycles. The number of carbonyl (C=O) groups is 1. The third-order valence-electron chi connectivity index (χ3n) is 2.64. The van der Waals surface area contributed by atoms with Gasteiger partial charge >= 0.3 is 5.97 Å². The predicted octanol–water partition coefficient (Wildman–Crippen LogP) is 3.51. The minimum Gasteiger partial charge on any atom is -0.456 e. The van der Waals surface area contributed by atoms with Gasteiger partial charge in [-0.3, -0.25) is 10.1 Å². The van der Waals surface area contributed by atoms with Crippen LogP contribution >= 0.6 is 0 Å². The van der Waals surface area contributed by atoms with Gasteiger partial charge in [0.2, 0.25) is 6.04 Å². The van der Waals surface area contributed by atoms with Gasteiger partial charge in [-0.2, -0.15) is 0 Å². The Morgan fingerprint density at radius 3 is 2.50 bits per heavy atom. The minimum absolute atomic E-state index is 0.256. The van der Waals surface area contributed by atoms with Gasteiger partial charge in [-0.05, 0) is 39.0 Å². The highest BCUT2D eigenvalue weighted by molar-refractivity contribution is 5.90. The van der Waals surface area contributed by atoms with Gasteiger partial charge in [0.15, 0.2) is 0 Å². The van der Waals surface area contributed by atoms with Crippen molar-refractivity contribution in [3.05, 3.63) is 45.3 Å². The molecule has 1 unspecified atom stereocenters. The van der Waals surface area contributed by atoms with Crippen LogP contribution < -0.4 is 0 Å². The molecule has 20 heavy (non-hydrogen) atoms. The van der Waals surface area contributed by atoms with Crippen LogP contribution in [0.3, 0.4) is 0 Å². The number of benzene rings is 1. The summed E-state index contributed by atoms with van der Waals surface area (Å²) in [6.45, 7) is 6.65. The van der Waals surface area contributed by atoms with Gasteiger partial charge in [0.25, 0.3) is 0 Å². The first kappa shape index (κ1) is 16.1. The molecule has 0 radical (unpaired) electrons. The van der Waals surface area contributed by atoms with Crippen molar-refractivity contribution in [1.29, 1.82) is 0 Å². The Labute approximate surface area is 116 Å². The second-order valence-corrected chi connectivity index (χ2v) is 5.45. The van der Waals surface area contributed by atoms with Crippen molar-refractivity contribution in [3.8, 4) is 0 Å². The molecule has 0 N–H and O–H groups in total. The van der Waals surface area contributed by atoms with Crippen molar-refractivity contribution in [1.82, 2.24) is 0 Å². The Morgan fingerprint density at radius 2 is 2.05 bits per heavy atom. The number of hydrogen-bond donors (Lipinski definition) is 0. The van der Waals surface area contributed by atoms with Crippen LogP contribution in [0.2, 0.25) is 0 Å². The molecule has 0 aliphatic heterocycles. The molecule has 0 bridgehead atoms. The minimum atomic E-state index is -0.961. The largest absolute Gasteiger partial charge is 0.456 e. The predicted molar refractivity (Wildman–Crippen MR) is 71.6 cm³/mol. The van der Waals surface area contributed by atoms with Gasteiger partial charge in [-0.15, -0.1) is 0 Å². The number of carbonyl (C=O) groups excluding carboxylic acids is 1. The molecule has 0 saturated heterocycles. The van der Waals surface area contributed by atoms with Crippen LogP contribution in [0.25, 0.3) is 0 Å². The van der Waals surface area contributed by atoms with Gasteiger partial charge in [0.1, 0.15) is 11.4 Å². The fourth-order valence-corrected chi connectivity index (χ4v) is 1.75. The van der Waals surface area contributed by atoms with Crippen LogP contribution in [-0.4, -0.2) is 16.5 Å². The number of nitro groups is 1. The summed E-state index contributed by atoms with van der Waals surface area (Å²) in [5, 5.41) is 10.9. The topological polar surface area (TPSA) is 69.4 Å². The molecule has 0 spiro atoms. The molecule has 1 aromatic rings. The van der Waals surface area contributed by atoms with Crippen molar-refractivity contribution in [2.75, 3.05) is 0 Å². The number of nitrogens with zero attached hydrogens (tertiary/aromatic N) is 1. The zero-order valence-corrected chi connectivity index (χ0v) is 12.0. The third-order valence-corrected chi connectivity index (χ3v) is 2.64. The van der Waals surface area contributed by atoms with Crippen LogP contribution in [0, 0.1) is 15.9 Å². The van der Waals surface area contributed by atoms with Crippen LogP contribution in [0.5, 0.6) is 0 Å². The molecule has 0 aromatic heterocycles. The van der Waals surface area contributed by atoms with E-state index >= 15 is 0 Å². The quantitative estimate of drug-likeness (QED) is 0.481. The highest BCUT2D eigenvalue weighted by atomic mass is 19.1. The van der Waals surface area contributed by atoms with Crippen molar-refractivity contribution < 1.29 is 18.8 Å². The van der Waals surface area contributed by atoms with Gasteiger partial charge in [0.05, 0.1) is 5.56 Å². The van der Waals surface area contributed by atoms with E-state index in [9.17, 15) is 19.3 Å². The molecule has 5 nitrogen and oxygen atoms in total. The molecule has 0 saturated carbocycles. The first-order chi connectivity index (χ1) is 9.15. The molecular formula is C14H18FNO4. The summed E-state index contributed by atoms with van der Waals surface area (Å²) in [6, 6.07) is 2.61. The molecule has 1 atom stereocenters. The number of halogens is 1. The summed E-state index contributed by atoms with van der Waals surface area (Å²) in [7, 11) is 0. The summed E-state index contributed by atoms with van der Waals surface area (Å²) in [5.41, 5.74) is -0.746. The summed E-state index contributed by atoms with van der Waals surface area (Å²) in [5.74, 6) is -1.57. The zero-order chi connectivity index (χ0) is 15.5. The molecule has 110 valence electrons. The molecule has 6 heteroatoms. The maximum absolute atomic E-state index is 13.7. The monoisotopic (exact) mass is 283 g/mol. The third kappa shape index (κ3) is 4.01. The van der Waals surface area contributed by atoms with E-state index in [1.165, 1.54) is 12.1 Å². The van der Waals surface area contributed by atoms with Crippen LogP contribution in [-0.2, 0) is 4.74 Å². The SMILES string of the molecule is CCC(c1ccc(F)c(C(=O)OC(C)(C)C)c1)[N+](=O)[O-]. The van der Waals surface area contributed by atoms with E-state index < -0.39 is 28.4 Å². The van der Waals surface area contributed by atoms with E-state index in [-0.39, 0.29) is 12.0 Å². The fourth-order valence-electron chi connectivity index (χ4n) is 1.75. The Morgan fingerprint density at radius 1 is 1.45 bits per heavy atom. The molecule has 0 fully saturated rings. The van der Waals surface area contributed by atoms with Crippen molar-refractivity contribution in [2.45, 2.75) is 45.8 Å². The maximum Gasteiger partial charge on any atom is 0.341 e. The Hall–Kier alpha value is -1.98. The van der Waals surface area contributed by atoms with Crippen LogP contribution in [0.4, 0.5) is 4.39 Å². The smallest absolute Gasteiger partial charge is 0.341 e. The molecule has 0 aliphatic rings. The summed E-state index contributed by atoms with van der Waals surface area (Å²) >= 11 is 0. The zero-order valence-electron chi connectivity index (χ0n) is 12.0. The lowest BCUT2D eigenvalue weighted by molar-refractivity contribution is -0.529. The lowest BCUT2D eigenvalue weighted by atomic mass is 10.0. The van der Waals surface area contributed by atoms with Gasteiger partial charge in [0, 0.05) is 16.9 Å². The lowest BCUT2D eigenvalue weighted by Gasteiger charge is -2.20. The Balaban J connectivity index is 3.15. The number of rotatable bonds is 4. The second-order valence-electron chi connectivity index (χ2n) is 5.45. The van der Waals surface area contributed by atoms with E-state index in [1.807, 2.05) is 0 Å². The summed E-state index contributed by atoms with van der Waals surface area (Å²) < 4.78 is 18.8. The van der Waals surface area contributed by atoms with E-state index in [0.29, 0.717) is 5.56 Å². The van der Waals surface area contributed by atoms with Crippen LogP contribution in [0.1, 0.15) is 56.1 Å². The summed E-state index contributed by atoms with van der Waals surface area (Å²) in [6.07, 6.45) is 0.256. The maximum atomic E-state index is 13.7. The van der Waals surface area contributed by atoms with E-state index in [1.54, 1.807) is 27.7 Å². The summed E-state index contributed by atoms with van der Waals surface area (Å²) in [4.78, 5) is 22.4. The standard InChI is InChI=1S/C14H18FNO4/c1-5-12(16(18)19)9-6-7-11(15)10(8-9)13(17)20-14(2,3)4/h6-8,12H,5H2,1-4H3. The van der Waals surface area contributed by atoms with Crippen molar-refractivity contribution in [3.63, 3.8) is 0 Å². The fraction of sp³-hybridized carbons (Fsp3) is 0.500. The molecule has 1 rings (SSSR count). The molecule has 0 amide bonds. The van der Waals surface area contributed by atoms with Crippen molar-refractivity contribution in [2.24, 2.45) is 0 Å². The van der Waals surface area contributed by atoms with E-state index in [0.717, 1.165) is 6.07 Å². The van der Waals surface area contributed by atoms with Gasteiger partial charge in [-0.25, -0.2) is 9.18 Å². The lowest BCUT2D eigenvalue weighted by Crippen LogP contribution is -2.24. The number of ether oxygens (including phenoxy) is 1. The van der Waals surface area contributed by atoms with E-state index in [2.05, 4.69) is 0 Å².